The molecule has 96 valence electrons. The Balaban J connectivity index is 2.18. The predicted molar refractivity (Wildman–Crippen MR) is 83.2 cm³/mol. The van der Waals surface area contributed by atoms with E-state index in [4.69, 9.17) is 0 Å². The van der Waals surface area contributed by atoms with Crippen LogP contribution in [0.2, 0.25) is 0 Å². The molecule has 0 unspecified atom stereocenters. The molecule has 0 aliphatic rings. The summed E-state index contributed by atoms with van der Waals surface area (Å²) in [5.74, 6) is 1.48. The number of pyridine rings is 1. The van der Waals surface area contributed by atoms with Crippen molar-refractivity contribution in [2.24, 2.45) is 0 Å². The van der Waals surface area contributed by atoms with E-state index in [1.54, 1.807) is 0 Å². The third kappa shape index (κ3) is 2.16. The largest absolute Gasteiger partial charge is 0.372 e. The van der Waals surface area contributed by atoms with E-state index in [-0.39, 0.29) is 0 Å². The fraction of sp³-hybridized carbons (Fsp3) is 0.154. The van der Waals surface area contributed by atoms with Crippen LogP contribution in [0, 0.1) is 10.5 Å². The van der Waals surface area contributed by atoms with Crippen LogP contribution in [-0.2, 0) is 0 Å². The minimum absolute atomic E-state index is 0.644. The summed E-state index contributed by atoms with van der Waals surface area (Å²) in [5, 5.41) is 3.09. The smallest absolute Gasteiger partial charge is 0.182 e. The lowest BCUT2D eigenvalue weighted by molar-refractivity contribution is 1.08. The summed E-state index contributed by atoms with van der Waals surface area (Å²) in [5.41, 5.74) is 2.62. The fourth-order valence-corrected chi connectivity index (χ4v) is 2.39. The summed E-state index contributed by atoms with van der Waals surface area (Å²) in [6.45, 7) is 1.98. The highest BCUT2D eigenvalue weighted by Gasteiger charge is 2.12. The maximum Gasteiger partial charge on any atom is 0.182 e. The van der Waals surface area contributed by atoms with Gasteiger partial charge in [0.1, 0.15) is 17.2 Å². The molecule has 3 heterocycles. The number of nitrogens with one attached hydrogen (secondary N) is 1. The van der Waals surface area contributed by atoms with Gasteiger partial charge in [0.2, 0.25) is 0 Å². The zero-order chi connectivity index (χ0) is 13.4. The van der Waals surface area contributed by atoms with Gasteiger partial charge in [-0.1, -0.05) is 6.07 Å². The highest BCUT2D eigenvalue weighted by Crippen LogP contribution is 2.23. The number of aryl methyl sites for hydroxylation is 1. The van der Waals surface area contributed by atoms with Crippen LogP contribution in [0.3, 0.4) is 0 Å². The molecule has 0 fully saturated rings. The number of imidazole rings is 1. The molecule has 3 aromatic heterocycles. The van der Waals surface area contributed by atoms with Crippen LogP contribution in [-0.4, -0.2) is 26.4 Å². The number of anilines is 1. The number of hydrogen-bond acceptors (Lipinski definition) is 4. The van der Waals surface area contributed by atoms with Gasteiger partial charge in [0.15, 0.2) is 5.82 Å². The second kappa shape index (κ2) is 4.76. The Labute approximate surface area is 124 Å². The molecule has 0 amide bonds. The average molecular weight is 365 g/mol. The maximum absolute atomic E-state index is 4.54. The highest BCUT2D eigenvalue weighted by atomic mass is 127. The zero-order valence-corrected chi connectivity index (χ0v) is 12.7. The molecule has 0 aliphatic heterocycles. The average Bonchev–Trinajstić information content (AvgIpc) is 2.85. The van der Waals surface area contributed by atoms with Crippen molar-refractivity contribution in [3.8, 4) is 11.5 Å². The molecule has 3 rings (SSSR count). The van der Waals surface area contributed by atoms with Gasteiger partial charge in [0.25, 0.3) is 0 Å². The molecule has 6 heteroatoms. The minimum atomic E-state index is 0.644. The van der Waals surface area contributed by atoms with Crippen molar-refractivity contribution in [2.45, 2.75) is 6.92 Å². The predicted octanol–water partition coefficient (Wildman–Crippen LogP) is 2.75. The summed E-state index contributed by atoms with van der Waals surface area (Å²) in [4.78, 5) is 13.6. The van der Waals surface area contributed by atoms with Crippen molar-refractivity contribution in [3.63, 3.8) is 0 Å². The maximum atomic E-state index is 4.54. The van der Waals surface area contributed by atoms with E-state index in [2.05, 4.69) is 42.9 Å². The van der Waals surface area contributed by atoms with E-state index >= 15 is 0 Å². The first kappa shape index (κ1) is 12.3. The lowest BCUT2D eigenvalue weighted by Crippen LogP contribution is -2.02. The monoisotopic (exact) mass is 365 g/mol. The van der Waals surface area contributed by atoms with Crippen molar-refractivity contribution in [3.05, 3.63) is 39.9 Å². The van der Waals surface area contributed by atoms with Crippen LogP contribution in [0.5, 0.6) is 0 Å². The minimum Gasteiger partial charge on any atom is -0.372 e. The molecule has 3 aromatic rings. The number of aromatic nitrogens is 4. The normalized spacial score (nSPS) is 10.9. The second-order valence-corrected chi connectivity index (χ2v) is 5.22. The van der Waals surface area contributed by atoms with Gasteiger partial charge in [-0.15, -0.1) is 0 Å². The third-order valence-corrected chi connectivity index (χ3v) is 4.14. The van der Waals surface area contributed by atoms with E-state index in [1.807, 2.05) is 49.0 Å². The van der Waals surface area contributed by atoms with Gasteiger partial charge in [0.05, 0.1) is 9.26 Å². The number of hydrogen-bond donors (Lipinski definition) is 1. The topological polar surface area (TPSA) is 55.1 Å². The summed E-state index contributed by atoms with van der Waals surface area (Å²) in [6, 6.07) is 5.89. The lowest BCUT2D eigenvalue weighted by atomic mass is 10.3. The molecule has 19 heavy (non-hydrogen) atoms. The van der Waals surface area contributed by atoms with Gasteiger partial charge < -0.3 is 9.72 Å². The Kier molecular flexibility index (Phi) is 3.09. The van der Waals surface area contributed by atoms with Crippen LogP contribution in [0.25, 0.3) is 17.2 Å². The number of rotatable bonds is 2. The van der Waals surface area contributed by atoms with Gasteiger partial charge in [-0.3, -0.25) is 0 Å². The fourth-order valence-electron chi connectivity index (χ4n) is 1.88. The van der Waals surface area contributed by atoms with Crippen LogP contribution >= 0.6 is 22.6 Å². The molecule has 0 aromatic carbocycles. The Morgan fingerprint density at radius 2 is 2.05 bits per heavy atom. The van der Waals surface area contributed by atoms with Crippen molar-refractivity contribution in [1.82, 2.24) is 19.4 Å². The molecule has 0 saturated heterocycles. The molecule has 0 atom stereocenters. The molecule has 0 aliphatic carbocycles. The van der Waals surface area contributed by atoms with Crippen molar-refractivity contribution in [1.29, 1.82) is 0 Å². The number of fused-ring (bicyclic) bond motifs is 1. The quantitative estimate of drug-likeness (QED) is 0.710. The summed E-state index contributed by atoms with van der Waals surface area (Å²) in [7, 11) is 1.86. The second-order valence-electron chi connectivity index (χ2n) is 4.14. The van der Waals surface area contributed by atoms with E-state index < -0.39 is 0 Å². The summed E-state index contributed by atoms with van der Waals surface area (Å²) >= 11 is 2.24. The van der Waals surface area contributed by atoms with Crippen molar-refractivity contribution >= 4 is 34.1 Å². The Bertz CT molecular complexity index is 717. The molecule has 0 saturated carbocycles. The number of halogens is 1. The van der Waals surface area contributed by atoms with Crippen LogP contribution in [0.15, 0.2) is 30.6 Å². The summed E-state index contributed by atoms with van der Waals surface area (Å²) in [6.07, 6.45) is 3.90. The van der Waals surface area contributed by atoms with E-state index in [1.165, 1.54) is 0 Å². The van der Waals surface area contributed by atoms with Crippen molar-refractivity contribution < 1.29 is 0 Å². The number of nitrogens with zero attached hydrogens (tertiary/aromatic N) is 4. The SMILES string of the molecule is CNc1nc(-c2cn3ccccc3n2)nc(C)c1I. The van der Waals surface area contributed by atoms with Gasteiger partial charge in [0, 0.05) is 19.4 Å². The standard InChI is InChI=1S/C13H12IN5/c1-8-11(14)13(15-2)18-12(16-8)9-7-19-6-4-3-5-10(19)17-9/h3-7H,1-2H3,(H,15,16,18). The Morgan fingerprint density at radius 3 is 2.79 bits per heavy atom. The zero-order valence-electron chi connectivity index (χ0n) is 10.6. The molecular formula is C13H12IN5. The van der Waals surface area contributed by atoms with E-state index in [9.17, 15) is 0 Å². The molecular weight excluding hydrogens is 353 g/mol. The molecule has 0 spiro atoms. The third-order valence-electron chi connectivity index (χ3n) is 2.85. The molecule has 1 N–H and O–H groups in total. The lowest BCUT2D eigenvalue weighted by Gasteiger charge is -2.06. The first-order valence-electron chi connectivity index (χ1n) is 5.85. The Hall–Kier alpha value is -1.70. The van der Waals surface area contributed by atoms with E-state index in [0.29, 0.717) is 5.82 Å². The van der Waals surface area contributed by atoms with Gasteiger partial charge in [-0.25, -0.2) is 15.0 Å². The van der Waals surface area contributed by atoms with Gasteiger partial charge >= 0.3 is 0 Å². The van der Waals surface area contributed by atoms with Gasteiger partial charge in [-0.05, 0) is 41.6 Å². The highest BCUT2D eigenvalue weighted by molar-refractivity contribution is 14.1. The molecule has 5 nitrogen and oxygen atoms in total. The molecule has 0 radical (unpaired) electrons. The van der Waals surface area contributed by atoms with Crippen LogP contribution in [0.1, 0.15) is 5.69 Å². The molecule has 0 bridgehead atoms. The van der Waals surface area contributed by atoms with E-state index in [0.717, 1.165) is 26.4 Å². The first-order chi connectivity index (χ1) is 9.19. The Morgan fingerprint density at radius 1 is 1.21 bits per heavy atom. The first-order valence-corrected chi connectivity index (χ1v) is 6.93. The van der Waals surface area contributed by atoms with Crippen LogP contribution < -0.4 is 5.32 Å². The van der Waals surface area contributed by atoms with Gasteiger partial charge in [-0.2, -0.15) is 0 Å². The van der Waals surface area contributed by atoms with Crippen molar-refractivity contribution in [2.75, 3.05) is 12.4 Å². The summed E-state index contributed by atoms with van der Waals surface area (Å²) < 4.78 is 3.00. The van der Waals surface area contributed by atoms with Crippen LogP contribution in [0.4, 0.5) is 5.82 Å².